The summed E-state index contributed by atoms with van der Waals surface area (Å²) in [4.78, 5) is 0. The Bertz CT molecular complexity index is 8.00. The first-order valence-corrected chi connectivity index (χ1v) is 0. The molecule has 0 bridgehead atoms. The third-order valence-corrected chi connectivity index (χ3v) is 0. The molecule has 9 radical (unpaired) electrons. The molecule has 0 aromatic heterocycles. The Hall–Kier alpha value is 3.51. The zero-order valence-electron chi connectivity index (χ0n) is 1.62. The zero-order chi connectivity index (χ0) is 0. The second-order valence-electron chi connectivity index (χ2n) is 0. The number of hydrogen-bond acceptors (Lipinski definition) is 0. The summed E-state index contributed by atoms with van der Waals surface area (Å²) in [5, 5.41) is 0. The van der Waals surface area contributed by atoms with Gasteiger partial charge in [-0.3, -0.25) is 0 Å². The van der Waals surface area contributed by atoms with Crippen LogP contribution in [0, 0.1) is 38.2 Å². The summed E-state index contributed by atoms with van der Waals surface area (Å²) in [5.41, 5.74) is 0. The van der Waals surface area contributed by atoms with Crippen LogP contribution in [0.3, 0.4) is 0 Å². The summed E-state index contributed by atoms with van der Waals surface area (Å²) >= 11 is 0. The molecule has 0 saturated carbocycles. The minimum absolute atomic E-state index is 0. The van der Waals surface area contributed by atoms with Gasteiger partial charge in [0.15, 0.2) is 0 Å². The Labute approximate surface area is 104 Å². The van der Waals surface area contributed by atoms with Crippen LogP contribution < -0.4 is 0 Å². The standard InChI is InChI=1S/Cu.Dy.Pb.Sn. The first kappa shape index (κ1) is 25.8. The van der Waals surface area contributed by atoms with Gasteiger partial charge in [0.2, 0.25) is 0 Å². The largest absolute Gasteiger partial charge is 0 e. The van der Waals surface area contributed by atoms with Crippen LogP contribution in [-0.4, -0.2) is 51.2 Å². The molecule has 0 rings (SSSR count). The van der Waals surface area contributed by atoms with E-state index in [1.807, 2.05) is 0 Å². The molecule has 0 nitrogen and oxygen atoms in total. The molecule has 0 atom stereocenters. The van der Waals surface area contributed by atoms with Gasteiger partial charge in [-0.15, -0.1) is 0 Å². The van der Waals surface area contributed by atoms with Gasteiger partial charge in [0.25, 0.3) is 0 Å². The zero-order valence-corrected chi connectivity index (χ0v) is 11.3. The molecule has 0 saturated heterocycles. The van der Waals surface area contributed by atoms with Crippen molar-refractivity contribution in [2.24, 2.45) is 0 Å². The van der Waals surface area contributed by atoms with E-state index < -0.39 is 0 Å². The molecule has 0 aliphatic heterocycles. The first-order valence-electron chi connectivity index (χ1n) is 0. The Morgan fingerprint density at radius 2 is 1.00 bits per heavy atom. The second kappa shape index (κ2) is 16.0. The maximum Gasteiger partial charge on any atom is 0 e. The fourth-order valence-electron chi connectivity index (χ4n) is 0. The fourth-order valence-corrected chi connectivity index (χ4v) is 0. The van der Waals surface area contributed by atoms with Crippen LogP contribution in [0.15, 0.2) is 0 Å². The quantitative estimate of drug-likeness (QED) is 0.347. The molecule has 0 aliphatic carbocycles. The predicted molar refractivity (Wildman–Crippen MR) is 11.5 cm³/mol. The van der Waals surface area contributed by atoms with Crippen molar-refractivity contribution in [3.8, 4) is 0 Å². The molecular formula is CuDyPbSn. The van der Waals surface area contributed by atoms with E-state index in [9.17, 15) is 0 Å². The number of rotatable bonds is 0. The third-order valence-electron chi connectivity index (χ3n) is 0. The summed E-state index contributed by atoms with van der Waals surface area (Å²) in [5.74, 6) is 0. The normalized spacial score (nSPS) is 0. The summed E-state index contributed by atoms with van der Waals surface area (Å²) in [6, 6.07) is 0. The van der Waals surface area contributed by atoms with Crippen molar-refractivity contribution in [2.45, 2.75) is 0 Å². The monoisotopic (exact) mass is 555 g/mol. The van der Waals surface area contributed by atoms with Crippen LogP contribution in [0.5, 0.6) is 0 Å². The average molecular weight is 552 g/mol. The SMILES string of the molecule is [Cu].[Dy].[Pb].[Sn]. The smallest absolute Gasteiger partial charge is 0 e. The molecule has 0 aliphatic rings. The molecule has 4 heteroatoms. The summed E-state index contributed by atoms with van der Waals surface area (Å²) < 4.78 is 0. The van der Waals surface area contributed by atoms with Crippen molar-refractivity contribution in [3.63, 3.8) is 0 Å². The van der Waals surface area contributed by atoms with E-state index in [0.29, 0.717) is 0 Å². The average Bonchev–Trinajstić information content (AvgIpc) is 0. The van der Waals surface area contributed by atoms with Gasteiger partial charge in [0.05, 0.1) is 0 Å². The van der Waals surface area contributed by atoms with Crippen molar-refractivity contribution in [3.05, 3.63) is 0 Å². The fraction of sp³-hybridized carbons (Fsp3) is 0. The Balaban J connectivity index is 0. The summed E-state index contributed by atoms with van der Waals surface area (Å²) in [6.07, 6.45) is 0. The first-order chi connectivity index (χ1) is 0. The molecule has 0 N–H and O–H groups in total. The Morgan fingerprint density at radius 3 is 1.00 bits per heavy atom. The van der Waals surface area contributed by atoms with Crippen molar-refractivity contribution >= 4 is 51.2 Å². The van der Waals surface area contributed by atoms with E-state index in [1.54, 1.807) is 0 Å². The molecule has 0 aromatic rings. The minimum atomic E-state index is 0. The predicted octanol–water partition coefficient (Wildman–Crippen LogP) is -0.764. The Morgan fingerprint density at radius 1 is 1.00 bits per heavy atom. The van der Waals surface area contributed by atoms with Crippen LogP contribution in [0.4, 0.5) is 0 Å². The van der Waals surface area contributed by atoms with Gasteiger partial charge in [-0.1, -0.05) is 0 Å². The van der Waals surface area contributed by atoms with E-state index >= 15 is 0 Å². The van der Waals surface area contributed by atoms with Crippen molar-refractivity contribution in [1.29, 1.82) is 0 Å². The van der Waals surface area contributed by atoms with Crippen LogP contribution in [0.25, 0.3) is 0 Å². The molecule has 0 spiro atoms. The molecule has 0 aromatic carbocycles. The molecule has 0 unspecified atom stereocenters. The topological polar surface area (TPSA) is 0 Å². The van der Waals surface area contributed by atoms with Crippen LogP contribution in [0.1, 0.15) is 0 Å². The summed E-state index contributed by atoms with van der Waals surface area (Å²) in [6.45, 7) is 0. The Kier molecular flexibility index (Phi) is 104. The molecule has 0 heterocycles. The summed E-state index contributed by atoms with van der Waals surface area (Å²) in [7, 11) is 0. The van der Waals surface area contributed by atoms with Gasteiger partial charge in [-0.25, -0.2) is 0 Å². The van der Waals surface area contributed by atoms with Crippen molar-refractivity contribution in [2.75, 3.05) is 0 Å². The van der Waals surface area contributed by atoms with E-state index in [4.69, 9.17) is 0 Å². The number of hydrogen-bond donors (Lipinski definition) is 0. The molecule has 29 valence electrons. The molecular weight excluding hydrogens is 552 g/mol. The van der Waals surface area contributed by atoms with Gasteiger partial charge in [-0.05, 0) is 0 Å². The van der Waals surface area contributed by atoms with Gasteiger partial charge in [0, 0.05) is 106 Å². The molecule has 4 heavy (non-hydrogen) atoms. The molecule has 0 amide bonds. The van der Waals surface area contributed by atoms with Crippen molar-refractivity contribution < 1.29 is 55.2 Å². The van der Waals surface area contributed by atoms with Gasteiger partial charge in [-0.2, -0.15) is 0 Å². The van der Waals surface area contributed by atoms with E-state index in [0.717, 1.165) is 0 Å². The third kappa shape index (κ3) is 9.10. The van der Waals surface area contributed by atoms with Crippen LogP contribution in [0.2, 0.25) is 0 Å². The van der Waals surface area contributed by atoms with E-state index in [-0.39, 0.29) is 106 Å². The maximum absolute atomic E-state index is 0. The van der Waals surface area contributed by atoms with E-state index in [1.165, 1.54) is 0 Å². The van der Waals surface area contributed by atoms with Gasteiger partial charge in [0.1, 0.15) is 0 Å². The van der Waals surface area contributed by atoms with Crippen molar-refractivity contribution in [1.82, 2.24) is 0 Å². The van der Waals surface area contributed by atoms with Gasteiger partial charge < -0.3 is 0 Å². The van der Waals surface area contributed by atoms with Crippen LogP contribution in [-0.2, 0) is 17.1 Å². The molecule has 0 fully saturated rings. The maximum atomic E-state index is 0. The van der Waals surface area contributed by atoms with E-state index in [2.05, 4.69) is 0 Å². The van der Waals surface area contributed by atoms with Gasteiger partial charge >= 0.3 is 0 Å². The van der Waals surface area contributed by atoms with Crippen LogP contribution >= 0.6 is 0 Å². The second-order valence-corrected chi connectivity index (χ2v) is 0. The minimum Gasteiger partial charge on any atom is 0 e.